The Morgan fingerprint density at radius 1 is 1.35 bits per heavy atom. The molecule has 2 unspecified atom stereocenters. The van der Waals surface area contributed by atoms with Crippen LogP contribution in [-0.2, 0) is 10.0 Å². The Morgan fingerprint density at radius 3 is 2.55 bits per heavy atom. The lowest BCUT2D eigenvalue weighted by atomic mass is 10.00. The number of rotatable bonds is 3. The molecule has 5 nitrogen and oxygen atoms in total. The van der Waals surface area contributed by atoms with Crippen molar-refractivity contribution in [3.63, 3.8) is 0 Å². The topological polar surface area (TPSA) is 87.2 Å². The second-order valence-corrected chi connectivity index (χ2v) is 6.98. The van der Waals surface area contributed by atoms with Crippen molar-refractivity contribution in [2.45, 2.75) is 43.2 Å². The summed E-state index contributed by atoms with van der Waals surface area (Å²) in [5, 5.41) is 8.78. The summed E-state index contributed by atoms with van der Waals surface area (Å²) in [5.74, 6) is 0. The fourth-order valence-corrected chi connectivity index (χ4v) is 4.63. The van der Waals surface area contributed by atoms with Crippen LogP contribution >= 0.6 is 0 Å². The maximum atomic E-state index is 12.8. The van der Waals surface area contributed by atoms with Crippen LogP contribution in [0.15, 0.2) is 29.2 Å². The zero-order valence-corrected chi connectivity index (χ0v) is 12.3. The van der Waals surface area contributed by atoms with Gasteiger partial charge in [0.2, 0.25) is 10.0 Å². The molecule has 1 aliphatic heterocycles. The van der Waals surface area contributed by atoms with Crippen molar-refractivity contribution in [1.29, 1.82) is 5.26 Å². The van der Waals surface area contributed by atoms with Crippen molar-refractivity contribution in [2.75, 3.05) is 6.54 Å². The first-order chi connectivity index (χ1) is 9.50. The molecule has 2 N–H and O–H groups in total. The smallest absolute Gasteiger partial charge is 0.243 e. The molecule has 108 valence electrons. The van der Waals surface area contributed by atoms with Gasteiger partial charge in [0, 0.05) is 18.6 Å². The molecule has 6 heteroatoms. The molecule has 2 atom stereocenters. The van der Waals surface area contributed by atoms with E-state index in [1.54, 1.807) is 0 Å². The molecule has 1 heterocycles. The van der Waals surface area contributed by atoms with Gasteiger partial charge in [0.1, 0.15) is 0 Å². The van der Waals surface area contributed by atoms with Crippen molar-refractivity contribution in [1.82, 2.24) is 4.31 Å². The Bertz CT molecular complexity index is 604. The van der Waals surface area contributed by atoms with Crippen LogP contribution in [0.3, 0.4) is 0 Å². The molecule has 20 heavy (non-hydrogen) atoms. The van der Waals surface area contributed by atoms with Gasteiger partial charge in [-0.25, -0.2) is 8.42 Å². The Balaban J connectivity index is 2.38. The zero-order valence-electron chi connectivity index (χ0n) is 11.5. The van der Waals surface area contributed by atoms with E-state index >= 15 is 0 Å². The monoisotopic (exact) mass is 293 g/mol. The van der Waals surface area contributed by atoms with Gasteiger partial charge in [-0.3, -0.25) is 0 Å². The third kappa shape index (κ3) is 2.70. The number of benzene rings is 1. The van der Waals surface area contributed by atoms with Crippen molar-refractivity contribution in [3.05, 3.63) is 29.8 Å². The van der Waals surface area contributed by atoms with Crippen LogP contribution in [0.5, 0.6) is 0 Å². The summed E-state index contributed by atoms with van der Waals surface area (Å²) in [6, 6.07) is 7.83. The van der Waals surface area contributed by atoms with Gasteiger partial charge in [-0.1, -0.05) is 6.42 Å². The average Bonchev–Trinajstić information content (AvgIpc) is 2.46. The largest absolute Gasteiger partial charge is 0.329 e. The summed E-state index contributed by atoms with van der Waals surface area (Å²) >= 11 is 0. The van der Waals surface area contributed by atoms with E-state index in [2.05, 4.69) is 0 Å². The highest BCUT2D eigenvalue weighted by Crippen LogP contribution is 2.29. The lowest BCUT2D eigenvalue weighted by Crippen LogP contribution is -2.51. The predicted octanol–water partition coefficient (Wildman–Crippen LogP) is 1.45. The highest BCUT2D eigenvalue weighted by atomic mass is 32.2. The SMILES string of the molecule is CC1CCCC(CN)N1S(=O)(=O)c1ccc(C#N)cc1. The number of piperidine rings is 1. The highest BCUT2D eigenvalue weighted by Gasteiger charge is 2.37. The molecule has 0 saturated carbocycles. The van der Waals surface area contributed by atoms with Gasteiger partial charge in [0.15, 0.2) is 0 Å². The second kappa shape index (κ2) is 5.92. The Kier molecular flexibility index (Phi) is 4.43. The number of nitriles is 1. The van der Waals surface area contributed by atoms with E-state index in [0.29, 0.717) is 12.1 Å². The minimum Gasteiger partial charge on any atom is -0.329 e. The van der Waals surface area contributed by atoms with Gasteiger partial charge in [-0.05, 0) is 44.0 Å². The summed E-state index contributed by atoms with van der Waals surface area (Å²) in [6.45, 7) is 2.25. The predicted molar refractivity (Wildman–Crippen MR) is 76.3 cm³/mol. The standard InChI is InChI=1S/C14H19N3O2S/c1-11-3-2-4-13(10-16)17(11)20(18,19)14-7-5-12(9-15)6-8-14/h5-8,11,13H,2-4,10,16H2,1H3. The van der Waals surface area contributed by atoms with E-state index in [1.807, 2.05) is 13.0 Å². The average molecular weight is 293 g/mol. The summed E-state index contributed by atoms with van der Waals surface area (Å²) in [4.78, 5) is 0.226. The van der Waals surface area contributed by atoms with E-state index in [0.717, 1.165) is 19.3 Å². The molecule has 1 aromatic rings. The summed E-state index contributed by atoms with van der Waals surface area (Å²) in [7, 11) is -3.55. The fraction of sp³-hybridized carbons (Fsp3) is 0.500. The highest BCUT2D eigenvalue weighted by molar-refractivity contribution is 7.89. The second-order valence-electron chi connectivity index (χ2n) is 5.14. The number of nitrogens with zero attached hydrogens (tertiary/aromatic N) is 2. The fourth-order valence-electron chi connectivity index (χ4n) is 2.74. The molecule has 2 rings (SSSR count). The van der Waals surface area contributed by atoms with Crippen molar-refractivity contribution in [3.8, 4) is 6.07 Å². The lowest BCUT2D eigenvalue weighted by molar-refractivity contribution is 0.196. The van der Waals surface area contributed by atoms with E-state index in [4.69, 9.17) is 11.0 Å². The quantitative estimate of drug-likeness (QED) is 0.913. The normalized spacial score (nSPS) is 24.2. The van der Waals surface area contributed by atoms with Gasteiger partial charge in [0.05, 0.1) is 16.5 Å². The van der Waals surface area contributed by atoms with Crippen LogP contribution in [0.2, 0.25) is 0 Å². The van der Waals surface area contributed by atoms with Gasteiger partial charge in [-0.15, -0.1) is 0 Å². The molecule has 0 amide bonds. The first kappa shape index (κ1) is 15.0. The molecule has 0 bridgehead atoms. The van der Waals surface area contributed by atoms with E-state index in [1.165, 1.54) is 28.6 Å². The van der Waals surface area contributed by atoms with Crippen LogP contribution in [-0.4, -0.2) is 31.4 Å². The van der Waals surface area contributed by atoms with Gasteiger partial charge >= 0.3 is 0 Å². The molecule has 1 saturated heterocycles. The number of nitrogens with two attached hydrogens (primary N) is 1. The third-order valence-corrected chi connectivity index (χ3v) is 5.87. The summed E-state index contributed by atoms with van der Waals surface area (Å²) < 4.78 is 27.0. The molecule has 0 aromatic heterocycles. The first-order valence-corrected chi connectivity index (χ1v) is 8.18. The van der Waals surface area contributed by atoms with Crippen LogP contribution in [0.1, 0.15) is 31.7 Å². The minimum atomic E-state index is -3.55. The molecular weight excluding hydrogens is 274 g/mol. The van der Waals surface area contributed by atoms with E-state index in [-0.39, 0.29) is 17.0 Å². The first-order valence-electron chi connectivity index (χ1n) is 6.74. The molecule has 0 aliphatic carbocycles. The van der Waals surface area contributed by atoms with Gasteiger partial charge < -0.3 is 5.73 Å². The maximum Gasteiger partial charge on any atom is 0.243 e. The number of hydrogen-bond acceptors (Lipinski definition) is 4. The molecule has 1 aromatic carbocycles. The Hall–Kier alpha value is -1.42. The number of sulfonamides is 1. The molecule has 1 fully saturated rings. The van der Waals surface area contributed by atoms with Crippen LogP contribution < -0.4 is 5.73 Å². The van der Waals surface area contributed by atoms with Gasteiger partial charge in [-0.2, -0.15) is 9.57 Å². The van der Waals surface area contributed by atoms with Crippen molar-refractivity contribution >= 4 is 10.0 Å². The van der Waals surface area contributed by atoms with Crippen LogP contribution in [0.4, 0.5) is 0 Å². The van der Waals surface area contributed by atoms with Gasteiger partial charge in [0.25, 0.3) is 0 Å². The van der Waals surface area contributed by atoms with E-state index < -0.39 is 10.0 Å². The maximum absolute atomic E-state index is 12.8. The molecule has 0 radical (unpaired) electrons. The number of hydrogen-bond donors (Lipinski definition) is 1. The van der Waals surface area contributed by atoms with Crippen molar-refractivity contribution in [2.24, 2.45) is 5.73 Å². The molecular formula is C14H19N3O2S. The zero-order chi connectivity index (χ0) is 14.8. The van der Waals surface area contributed by atoms with E-state index in [9.17, 15) is 8.42 Å². The molecule has 1 aliphatic rings. The van der Waals surface area contributed by atoms with Crippen LogP contribution in [0.25, 0.3) is 0 Å². The Labute approximate surface area is 120 Å². The lowest BCUT2D eigenvalue weighted by Gasteiger charge is -2.38. The van der Waals surface area contributed by atoms with Crippen molar-refractivity contribution < 1.29 is 8.42 Å². The third-order valence-electron chi connectivity index (χ3n) is 3.78. The summed E-state index contributed by atoms with van der Waals surface area (Å²) in [5.41, 5.74) is 6.18. The Morgan fingerprint density at radius 2 is 2.00 bits per heavy atom. The summed E-state index contributed by atoms with van der Waals surface area (Å²) in [6.07, 6.45) is 2.66. The molecule has 0 spiro atoms. The minimum absolute atomic E-state index is 0.0436. The van der Waals surface area contributed by atoms with Crippen LogP contribution in [0, 0.1) is 11.3 Å².